The van der Waals surface area contributed by atoms with E-state index in [2.05, 4.69) is 38.2 Å². The Morgan fingerprint density at radius 2 is 1.95 bits per heavy atom. The predicted molar refractivity (Wildman–Crippen MR) is 83.5 cm³/mol. The Morgan fingerprint density at radius 3 is 2.62 bits per heavy atom. The van der Waals surface area contributed by atoms with E-state index in [0.29, 0.717) is 13.1 Å². The van der Waals surface area contributed by atoms with Crippen LogP contribution in [0.5, 0.6) is 0 Å². The molecule has 2 N–H and O–H groups in total. The minimum Gasteiger partial charge on any atom is -0.364 e. The van der Waals surface area contributed by atoms with Gasteiger partial charge in [-0.25, -0.2) is 0 Å². The molecule has 1 aromatic rings. The summed E-state index contributed by atoms with van der Waals surface area (Å²) in [6, 6.07) is 8.32. The molecule has 1 saturated heterocycles. The van der Waals surface area contributed by atoms with Crippen molar-refractivity contribution in [3.63, 3.8) is 0 Å². The van der Waals surface area contributed by atoms with Crippen molar-refractivity contribution >= 4 is 5.91 Å². The second-order valence-electron chi connectivity index (χ2n) is 6.12. The number of carbonyl (C=O) groups excluding carboxylic acids is 1. The summed E-state index contributed by atoms with van der Waals surface area (Å²) in [7, 11) is 0. The van der Waals surface area contributed by atoms with Gasteiger partial charge in [0.25, 0.3) is 5.91 Å². The number of nitrogens with one attached hydrogen (secondary N) is 2. The van der Waals surface area contributed by atoms with Crippen LogP contribution in [0.1, 0.15) is 25.0 Å². The first-order valence-electron chi connectivity index (χ1n) is 7.85. The van der Waals surface area contributed by atoms with E-state index in [1.165, 1.54) is 16.0 Å². The van der Waals surface area contributed by atoms with Crippen LogP contribution >= 0.6 is 0 Å². The van der Waals surface area contributed by atoms with E-state index in [-0.39, 0.29) is 18.1 Å². The Bertz CT molecular complexity index is 466. The zero-order valence-corrected chi connectivity index (χ0v) is 13.3. The molecule has 3 atom stereocenters. The van der Waals surface area contributed by atoms with Gasteiger partial charge in [-0.3, -0.25) is 4.79 Å². The van der Waals surface area contributed by atoms with Crippen molar-refractivity contribution in [2.45, 2.75) is 39.4 Å². The SMILES string of the molecule is Cc1ccccc1CCNC(=O)C[NH+]1C[C@@H](C)O[C@@H](C)C1. The number of benzene rings is 1. The molecule has 2 rings (SSSR count). The maximum Gasteiger partial charge on any atom is 0.275 e. The highest BCUT2D eigenvalue weighted by atomic mass is 16.5. The molecule has 0 bridgehead atoms. The van der Waals surface area contributed by atoms with Crippen molar-refractivity contribution in [3.8, 4) is 0 Å². The Morgan fingerprint density at radius 1 is 1.29 bits per heavy atom. The molecule has 1 unspecified atom stereocenters. The van der Waals surface area contributed by atoms with Gasteiger partial charge >= 0.3 is 0 Å². The van der Waals surface area contributed by atoms with Crippen LogP contribution in [-0.4, -0.2) is 44.3 Å². The molecule has 116 valence electrons. The first kappa shape index (κ1) is 16.0. The maximum absolute atomic E-state index is 12.0. The second kappa shape index (κ2) is 7.57. The van der Waals surface area contributed by atoms with Crippen molar-refractivity contribution in [2.24, 2.45) is 0 Å². The quantitative estimate of drug-likeness (QED) is 0.822. The lowest BCUT2D eigenvalue weighted by atomic mass is 10.1. The molecule has 1 aliphatic heterocycles. The largest absolute Gasteiger partial charge is 0.364 e. The van der Waals surface area contributed by atoms with Gasteiger partial charge in [-0.05, 0) is 38.3 Å². The third-order valence-electron chi connectivity index (χ3n) is 4.01. The minimum absolute atomic E-state index is 0.139. The van der Waals surface area contributed by atoms with E-state index < -0.39 is 0 Å². The zero-order chi connectivity index (χ0) is 15.2. The van der Waals surface area contributed by atoms with E-state index in [9.17, 15) is 4.79 Å². The fraction of sp³-hybridized carbons (Fsp3) is 0.588. The van der Waals surface area contributed by atoms with E-state index in [1.54, 1.807) is 0 Å². The van der Waals surface area contributed by atoms with Crippen LogP contribution in [-0.2, 0) is 16.0 Å². The monoisotopic (exact) mass is 291 g/mol. The van der Waals surface area contributed by atoms with Gasteiger partial charge in [-0.1, -0.05) is 24.3 Å². The molecule has 0 aliphatic carbocycles. The molecule has 4 nitrogen and oxygen atoms in total. The molecule has 1 aromatic carbocycles. The Balaban J connectivity index is 1.71. The maximum atomic E-state index is 12.0. The third kappa shape index (κ3) is 5.14. The highest BCUT2D eigenvalue weighted by Crippen LogP contribution is 2.06. The summed E-state index contributed by atoms with van der Waals surface area (Å²) in [5.41, 5.74) is 2.59. The van der Waals surface area contributed by atoms with E-state index in [4.69, 9.17) is 4.74 Å². The molecule has 0 aromatic heterocycles. The molecule has 1 amide bonds. The molecule has 0 saturated carbocycles. The van der Waals surface area contributed by atoms with E-state index in [1.807, 2.05) is 12.1 Å². The van der Waals surface area contributed by atoms with Gasteiger partial charge in [0.1, 0.15) is 25.3 Å². The summed E-state index contributed by atoms with van der Waals surface area (Å²) < 4.78 is 5.70. The van der Waals surface area contributed by atoms with Gasteiger partial charge in [0, 0.05) is 6.54 Å². The summed E-state index contributed by atoms with van der Waals surface area (Å²) in [5, 5.41) is 3.03. The van der Waals surface area contributed by atoms with E-state index in [0.717, 1.165) is 19.5 Å². The average Bonchev–Trinajstić information content (AvgIpc) is 2.39. The number of carbonyl (C=O) groups is 1. The van der Waals surface area contributed by atoms with Gasteiger partial charge in [0.2, 0.25) is 0 Å². The lowest BCUT2D eigenvalue weighted by molar-refractivity contribution is -0.907. The molecular weight excluding hydrogens is 264 g/mol. The number of amides is 1. The normalized spacial score (nSPS) is 25.6. The topological polar surface area (TPSA) is 42.8 Å². The summed E-state index contributed by atoms with van der Waals surface area (Å²) >= 11 is 0. The molecule has 1 heterocycles. The summed E-state index contributed by atoms with van der Waals surface area (Å²) in [6.07, 6.45) is 1.37. The van der Waals surface area contributed by atoms with Gasteiger partial charge in [-0.2, -0.15) is 0 Å². The van der Waals surface area contributed by atoms with Crippen molar-refractivity contribution < 1.29 is 14.4 Å². The number of rotatable bonds is 5. The zero-order valence-electron chi connectivity index (χ0n) is 13.3. The molecule has 1 fully saturated rings. The molecule has 0 radical (unpaired) electrons. The summed E-state index contributed by atoms with van der Waals surface area (Å²) in [5.74, 6) is 0.139. The van der Waals surface area contributed by atoms with Crippen LogP contribution in [0.2, 0.25) is 0 Å². The number of ether oxygens (including phenoxy) is 1. The van der Waals surface area contributed by atoms with Crippen LogP contribution in [0.3, 0.4) is 0 Å². The fourth-order valence-electron chi connectivity index (χ4n) is 3.05. The van der Waals surface area contributed by atoms with Crippen LogP contribution in [0, 0.1) is 6.92 Å². The van der Waals surface area contributed by atoms with Crippen LogP contribution in [0.4, 0.5) is 0 Å². The van der Waals surface area contributed by atoms with Crippen molar-refractivity contribution in [3.05, 3.63) is 35.4 Å². The summed E-state index contributed by atoms with van der Waals surface area (Å²) in [4.78, 5) is 13.3. The smallest absolute Gasteiger partial charge is 0.275 e. The molecule has 1 aliphatic rings. The molecule has 0 spiro atoms. The molecule has 21 heavy (non-hydrogen) atoms. The van der Waals surface area contributed by atoms with Gasteiger partial charge in [0.05, 0.1) is 0 Å². The van der Waals surface area contributed by atoms with Crippen molar-refractivity contribution in [1.82, 2.24) is 5.32 Å². The van der Waals surface area contributed by atoms with Crippen molar-refractivity contribution in [2.75, 3.05) is 26.2 Å². The number of morpholine rings is 1. The van der Waals surface area contributed by atoms with Crippen molar-refractivity contribution in [1.29, 1.82) is 0 Å². The summed E-state index contributed by atoms with van der Waals surface area (Å²) in [6.45, 7) is 9.34. The lowest BCUT2D eigenvalue weighted by Crippen LogP contribution is -3.16. The fourth-order valence-corrected chi connectivity index (χ4v) is 3.05. The van der Waals surface area contributed by atoms with Crippen LogP contribution in [0.25, 0.3) is 0 Å². The minimum atomic E-state index is 0.139. The first-order valence-corrected chi connectivity index (χ1v) is 7.85. The third-order valence-corrected chi connectivity index (χ3v) is 4.01. The Kier molecular flexibility index (Phi) is 5.76. The second-order valence-corrected chi connectivity index (χ2v) is 6.12. The average molecular weight is 291 g/mol. The molecule has 4 heteroatoms. The van der Waals surface area contributed by atoms with E-state index >= 15 is 0 Å². The van der Waals surface area contributed by atoms with Crippen LogP contribution < -0.4 is 10.2 Å². The lowest BCUT2D eigenvalue weighted by Gasteiger charge is -2.31. The van der Waals surface area contributed by atoms with Gasteiger partial charge in [0.15, 0.2) is 6.54 Å². The van der Waals surface area contributed by atoms with Gasteiger partial charge < -0.3 is 15.0 Å². The Labute approximate surface area is 127 Å². The van der Waals surface area contributed by atoms with Gasteiger partial charge in [-0.15, -0.1) is 0 Å². The first-order chi connectivity index (χ1) is 10.0. The number of aryl methyl sites for hydroxylation is 1. The Hall–Kier alpha value is -1.39. The molecular formula is C17H27N2O2+. The standard InChI is InChI=1S/C17H26N2O2/c1-13-6-4-5-7-16(13)8-9-18-17(20)12-19-10-14(2)21-15(3)11-19/h4-7,14-15H,8-12H2,1-3H3,(H,18,20)/p+1/t14-,15+. The number of hydrogen-bond acceptors (Lipinski definition) is 2. The number of hydrogen-bond donors (Lipinski definition) is 2. The highest BCUT2D eigenvalue weighted by Gasteiger charge is 2.26. The number of quaternary nitrogens is 1. The highest BCUT2D eigenvalue weighted by molar-refractivity contribution is 5.76. The van der Waals surface area contributed by atoms with Crippen LogP contribution in [0.15, 0.2) is 24.3 Å². The predicted octanol–water partition coefficient (Wildman–Crippen LogP) is 0.346.